The van der Waals surface area contributed by atoms with Crippen molar-refractivity contribution in [2.45, 2.75) is 115 Å². The molecule has 6 atom stereocenters. The maximum absolute atomic E-state index is 14.8. The van der Waals surface area contributed by atoms with Crippen molar-refractivity contribution in [2.24, 2.45) is 14.1 Å². The van der Waals surface area contributed by atoms with Gasteiger partial charge in [-0.1, -0.05) is 6.07 Å². The third-order valence-electron chi connectivity index (χ3n) is 9.44. The summed E-state index contributed by atoms with van der Waals surface area (Å²) in [4.78, 5) is 41.0. The number of anilines is 2. The van der Waals surface area contributed by atoms with Gasteiger partial charge in [0.05, 0.1) is 66.0 Å². The van der Waals surface area contributed by atoms with Crippen LogP contribution >= 0.6 is 11.3 Å². The lowest BCUT2D eigenvalue weighted by atomic mass is 10.0. The number of aromatic nitrogens is 5. The summed E-state index contributed by atoms with van der Waals surface area (Å²) < 4.78 is 82.3. The van der Waals surface area contributed by atoms with Crippen molar-refractivity contribution in [1.82, 2.24) is 35.2 Å². The lowest BCUT2D eigenvalue weighted by Crippen LogP contribution is -2.44. The Labute approximate surface area is 354 Å². The molecule has 5 N–H and O–H groups in total. The fraction of sp³-hybridized carbons (Fsp3) is 0.550. The number of hydrogen-bond donors (Lipinski definition) is 4. The molecule has 1 aromatic carbocycles. The Balaban J connectivity index is 0.000000262. The van der Waals surface area contributed by atoms with Gasteiger partial charge in [0.1, 0.15) is 58.1 Å². The minimum absolute atomic E-state index is 0.0294. The minimum Gasteiger partial charge on any atom is -0.444 e. The predicted molar refractivity (Wildman–Crippen MR) is 218 cm³/mol. The number of nitrogen functional groups attached to an aromatic ring is 1. The average molecular weight is 880 g/mol. The van der Waals surface area contributed by atoms with Gasteiger partial charge in [0.25, 0.3) is 5.91 Å². The summed E-state index contributed by atoms with van der Waals surface area (Å²) in [6, 6.07) is 2.02. The van der Waals surface area contributed by atoms with Gasteiger partial charge < -0.3 is 40.6 Å². The van der Waals surface area contributed by atoms with E-state index in [1.165, 1.54) is 22.3 Å². The number of nitrogens with one attached hydrogen (secondary N) is 3. The standard InChI is InChI=1S/C25H28F3N5O4S.C15H25FN4O3/c1-25(2,3)37-24(35)32-16-8-9-19(36-11-15(16)28)21-17(10-29-33(21)4)30-22(34)18-12-38-23(31-18)20-13(26)6-5-7-14(20)27;1-15(2,3)23-14(21)19-11-5-6-12(22-8-9(11)16)13-10(17)7-18-20(13)4/h5-7,10,12,15-16,19H,8-9,11H2,1-4H3,(H,30,34)(H,32,35);7,9,11-12H,5-6,8,17H2,1-4H3,(H,19,21)/t15-,16-,19?;9-,11-,12?/m11/s1. The van der Waals surface area contributed by atoms with Crippen LogP contribution in [0.15, 0.2) is 36.0 Å². The van der Waals surface area contributed by atoms with Gasteiger partial charge >= 0.3 is 12.2 Å². The zero-order chi connectivity index (χ0) is 44.8. The number of halogens is 4. The molecule has 5 heterocycles. The molecular formula is C40H53F4N9O7S. The Morgan fingerprint density at radius 1 is 0.803 bits per heavy atom. The number of alkyl carbamates (subject to hydrolysis) is 2. The van der Waals surface area contributed by atoms with Crippen molar-refractivity contribution in [3.8, 4) is 10.6 Å². The number of nitrogens with zero attached hydrogens (tertiary/aromatic N) is 5. The maximum atomic E-state index is 14.8. The van der Waals surface area contributed by atoms with Gasteiger partial charge in [-0.2, -0.15) is 10.2 Å². The van der Waals surface area contributed by atoms with Crippen LogP contribution in [-0.4, -0.2) is 91.5 Å². The molecular weight excluding hydrogens is 827 g/mol. The van der Waals surface area contributed by atoms with E-state index in [4.69, 9.17) is 24.7 Å². The highest BCUT2D eigenvalue weighted by molar-refractivity contribution is 7.13. The summed E-state index contributed by atoms with van der Waals surface area (Å²) in [6.07, 6.45) is -0.552. The highest BCUT2D eigenvalue weighted by Gasteiger charge is 2.35. The molecule has 0 saturated carbocycles. The number of carbonyl (C=O) groups is 3. The van der Waals surface area contributed by atoms with E-state index in [0.29, 0.717) is 36.3 Å². The molecule has 0 spiro atoms. The molecule has 61 heavy (non-hydrogen) atoms. The Kier molecular flexibility index (Phi) is 15.0. The summed E-state index contributed by atoms with van der Waals surface area (Å²) in [5.74, 6) is -2.17. The van der Waals surface area contributed by atoms with Crippen LogP contribution in [0.2, 0.25) is 0 Å². The summed E-state index contributed by atoms with van der Waals surface area (Å²) in [5, 5.41) is 17.6. The Bertz CT molecular complexity index is 2110. The third-order valence-corrected chi connectivity index (χ3v) is 10.3. The fourth-order valence-corrected chi connectivity index (χ4v) is 7.52. The first-order valence-electron chi connectivity index (χ1n) is 19.6. The van der Waals surface area contributed by atoms with Crippen LogP contribution in [0.4, 0.5) is 38.5 Å². The van der Waals surface area contributed by atoms with Crippen LogP contribution < -0.4 is 21.7 Å². The van der Waals surface area contributed by atoms with Gasteiger partial charge in [-0.05, 0) is 79.4 Å². The number of aryl methyl sites for hydroxylation is 2. The summed E-state index contributed by atoms with van der Waals surface area (Å²) in [7, 11) is 3.42. The molecule has 2 fully saturated rings. The Hall–Kier alpha value is -5.28. The van der Waals surface area contributed by atoms with Crippen LogP contribution in [0.5, 0.6) is 0 Å². The van der Waals surface area contributed by atoms with Crippen LogP contribution in [0.1, 0.15) is 101 Å². The van der Waals surface area contributed by atoms with Crippen molar-refractivity contribution in [2.75, 3.05) is 24.3 Å². The number of rotatable bonds is 7. The predicted octanol–water partition coefficient (Wildman–Crippen LogP) is 7.24. The van der Waals surface area contributed by atoms with Crippen LogP contribution in [0, 0.1) is 11.6 Å². The van der Waals surface area contributed by atoms with Gasteiger partial charge in [0.2, 0.25) is 0 Å². The number of nitrogens with two attached hydrogens (primary N) is 1. The SMILES string of the molecule is Cn1ncc(N)c1C1CC[C@@H](NC(=O)OC(C)(C)C)[C@H](F)CO1.Cn1ncc(NC(=O)c2csc(-c3c(F)cccc3F)n2)c1C1CC[C@@H](NC(=O)OC(C)(C)C)[C@H](F)CO1. The molecule has 2 aliphatic heterocycles. The monoisotopic (exact) mass is 879 g/mol. The maximum Gasteiger partial charge on any atom is 0.407 e. The zero-order valence-corrected chi connectivity index (χ0v) is 36.1. The molecule has 3 aromatic heterocycles. The second-order valence-corrected chi connectivity index (χ2v) is 17.5. The molecule has 334 valence electrons. The largest absolute Gasteiger partial charge is 0.444 e. The molecule has 0 radical (unpaired) electrons. The third kappa shape index (κ3) is 12.6. The number of carbonyl (C=O) groups excluding carboxylic acids is 3. The number of ether oxygens (including phenoxy) is 4. The second-order valence-electron chi connectivity index (χ2n) is 16.6. The van der Waals surface area contributed by atoms with Gasteiger partial charge in [-0.25, -0.2) is 32.1 Å². The van der Waals surface area contributed by atoms with Crippen molar-refractivity contribution < 1.29 is 50.9 Å². The van der Waals surface area contributed by atoms with Crippen molar-refractivity contribution in [3.05, 3.63) is 64.7 Å². The van der Waals surface area contributed by atoms with Crippen LogP contribution in [-0.2, 0) is 33.0 Å². The van der Waals surface area contributed by atoms with E-state index in [1.807, 2.05) is 0 Å². The molecule has 2 saturated heterocycles. The van der Waals surface area contributed by atoms with E-state index < -0.39 is 71.5 Å². The lowest BCUT2D eigenvalue weighted by Gasteiger charge is -2.24. The van der Waals surface area contributed by atoms with E-state index in [0.717, 1.165) is 29.2 Å². The smallest absolute Gasteiger partial charge is 0.407 e. The molecule has 2 aliphatic rings. The topological polar surface area (TPSA) is 199 Å². The highest BCUT2D eigenvalue weighted by Crippen LogP contribution is 2.35. The molecule has 2 unspecified atom stereocenters. The van der Waals surface area contributed by atoms with Crippen molar-refractivity contribution >= 4 is 40.8 Å². The Morgan fingerprint density at radius 3 is 1.79 bits per heavy atom. The molecule has 16 nitrogen and oxygen atoms in total. The van der Waals surface area contributed by atoms with Crippen molar-refractivity contribution in [1.29, 1.82) is 0 Å². The minimum atomic E-state index is -1.47. The summed E-state index contributed by atoms with van der Waals surface area (Å²) >= 11 is 0.935. The molecule has 4 aromatic rings. The van der Waals surface area contributed by atoms with Crippen LogP contribution in [0.25, 0.3) is 10.6 Å². The quantitative estimate of drug-likeness (QED) is 0.137. The highest BCUT2D eigenvalue weighted by atomic mass is 32.1. The molecule has 3 amide bonds. The molecule has 6 rings (SSSR count). The number of benzene rings is 1. The number of amides is 3. The zero-order valence-electron chi connectivity index (χ0n) is 35.3. The second kappa shape index (κ2) is 19.6. The molecule has 0 bridgehead atoms. The lowest BCUT2D eigenvalue weighted by molar-refractivity contribution is 0.0200. The van der Waals surface area contributed by atoms with Gasteiger partial charge in [-0.3, -0.25) is 14.2 Å². The first-order valence-corrected chi connectivity index (χ1v) is 20.5. The van der Waals surface area contributed by atoms with E-state index in [9.17, 15) is 31.9 Å². The van der Waals surface area contributed by atoms with Gasteiger partial charge in [-0.15, -0.1) is 11.3 Å². The van der Waals surface area contributed by atoms with Crippen LogP contribution in [0.3, 0.4) is 0 Å². The molecule has 0 aliphatic carbocycles. The number of alkyl halides is 2. The first-order chi connectivity index (χ1) is 28.6. The van der Waals surface area contributed by atoms with E-state index in [1.54, 1.807) is 66.5 Å². The molecule has 21 heteroatoms. The number of hydrogen-bond acceptors (Lipinski definition) is 12. The average Bonchev–Trinajstić information content (AvgIpc) is 3.80. The van der Waals surface area contributed by atoms with Gasteiger partial charge in [0, 0.05) is 19.5 Å². The normalized spacial score (nSPS) is 22.2. The van der Waals surface area contributed by atoms with E-state index in [2.05, 4.69) is 31.1 Å². The number of thiazole rings is 1. The van der Waals surface area contributed by atoms with Gasteiger partial charge in [0.15, 0.2) is 0 Å². The fourth-order valence-electron chi connectivity index (χ4n) is 6.68. The van der Waals surface area contributed by atoms with E-state index in [-0.39, 0.29) is 42.0 Å². The Morgan fingerprint density at radius 2 is 1.30 bits per heavy atom. The first kappa shape index (κ1) is 46.8. The van der Waals surface area contributed by atoms with Crippen molar-refractivity contribution in [3.63, 3.8) is 0 Å². The van der Waals surface area contributed by atoms with E-state index >= 15 is 0 Å². The summed E-state index contributed by atoms with van der Waals surface area (Å²) in [6.45, 7) is 10.0. The summed E-state index contributed by atoms with van der Waals surface area (Å²) in [5.41, 5.74) is 6.29.